The van der Waals surface area contributed by atoms with E-state index in [0.717, 1.165) is 24.4 Å². The van der Waals surface area contributed by atoms with Crippen LogP contribution >= 0.6 is 0 Å². The third kappa shape index (κ3) is 6.72. The maximum atomic E-state index is 12.8. The standard InChI is InChI=1S/C25H33N3O4/c1-25(2,3)32-24(30)27-20-12-10-18(11-13-20)23(29)26-17-22(28-14-5-6-15-28)19-8-7-9-21(16-19)31-4/h7-13,16,22H,5-6,14-15,17H2,1-4H3,(H,26,29)(H,27,30). The molecule has 2 N–H and O–H groups in total. The van der Waals surface area contributed by atoms with Gasteiger partial charge in [0.1, 0.15) is 11.4 Å². The van der Waals surface area contributed by atoms with Crippen molar-refractivity contribution in [3.05, 3.63) is 59.7 Å². The van der Waals surface area contributed by atoms with Gasteiger partial charge in [-0.15, -0.1) is 0 Å². The summed E-state index contributed by atoms with van der Waals surface area (Å²) in [4.78, 5) is 27.1. The van der Waals surface area contributed by atoms with Crippen LogP contribution in [0.5, 0.6) is 5.75 Å². The molecular formula is C25H33N3O4. The Kier molecular flexibility index (Phi) is 7.75. The average molecular weight is 440 g/mol. The van der Waals surface area contributed by atoms with E-state index in [1.54, 1.807) is 52.1 Å². The minimum Gasteiger partial charge on any atom is -0.497 e. The van der Waals surface area contributed by atoms with Gasteiger partial charge >= 0.3 is 6.09 Å². The van der Waals surface area contributed by atoms with Gasteiger partial charge in [-0.3, -0.25) is 15.0 Å². The van der Waals surface area contributed by atoms with Crippen LogP contribution in [0.4, 0.5) is 10.5 Å². The Bertz CT molecular complexity index is 916. The summed E-state index contributed by atoms with van der Waals surface area (Å²) in [5.74, 6) is 0.659. The number of methoxy groups -OCH3 is 1. The van der Waals surface area contributed by atoms with Crippen molar-refractivity contribution < 1.29 is 19.1 Å². The molecule has 1 fully saturated rings. The van der Waals surface area contributed by atoms with Gasteiger partial charge in [0, 0.05) is 17.8 Å². The molecule has 1 unspecified atom stereocenters. The number of carbonyl (C=O) groups is 2. The second-order valence-corrected chi connectivity index (χ2v) is 8.95. The zero-order chi connectivity index (χ0) is 23.1. The van der Waals surface area contributed by atoms with Gasteiger partial charge in [0.15, 0.2) is 0 Å². The predicted octanol–water partition coefficient (Wildman–Crippen LogP) is 4.61. The molecule has 0 radical (unpaired) electrons. The van der Waals surface area contributed by atoms with Crippen LogP contribution in [0.15, 0.2) is 48.5 Å². The topological polar surface area (TPSA) is 79.9 Å². The number of benzene rings is 2. The molecule has 7 heteroatoms. The van der Waals surface area contributed by atoms with Crippen LogP contribution in [-0.2, 0) is 4.74 Å². The molecule has 7 nitrogen and oxygen atoms in total. The molecule has 1 atom stereocenters. The van der Waals surface area contributed by atoms with Crippen molar-refractivity contribution in [3.63, 3.8) is 0 Å². The van der Waals surface area contributed by atoms with E-state index in [1.165, 1.54) is 12.8 Å². The Morgan fingerprint density at radius 2 is 1.75 bits per heavy atom. The summed E-state index contributed by atoms with van der Waals surface area (Å²) in [5, 5.41) is 5.74. The van der Waals surface area contributed by atoms with Crippen molar-refractivity contribution >= 4 is 17.7 Å². The van der Waals surface area contributed by atoms with Crippen molar-refractivity contribution in [2.45, 2.75) is 45.3 Å². The average Bonchev–Trinajstić information content (AvgIpc) is 3.27. The molecule has 0 saturated carbocycles. The highest BCUT2D eigenvalue weighted by Crippen LogP contribution is 2.27. The minimum atomic E-state index is -0.571. The van der Waals surface area contributed by atoms with E-state index in [1.807, 2.05) is 18.2 Å². The van der Waals surface area contributed by atoms with Gasteiger partial charge < -0.3 is 14.8 Å². The van der Waals surface area contributed by atoms with E-state index < -0.39 is 11.7 Å². The monoisotopic (exact) mass is 439 g/mol. The molecule has 3 rings (SSSR count). The summed E-state index contributed by atoms with van der Waals surface area (Å²) in [6.07, 6.45) is 1.81. The fourth-order valence-corrected chi connectivity index (χ4v) is 3.78. The Balaban J connectivity index is 1.62. The van der Waals surface area contributed by atoms with Gasteiger partial charge in [-0.25, -0.2) is 4.79 Å². The minimum absolute atomic E-state index is 0.0876. The van der Waals surface area contributed by atoms with Crippen LogP contribution in [0, 0.1) is 0 Å². The molecule has 0 aromatic heterocycles. The molecule has 32 heavy (non-hydrogen) atoms. The molecule has 0 bridgehead atoms. The zero-order valence-corrected chi connectivity index (χ0v) is 19.3. The van der Waals surface area contributed by atoms with Gasteiger partial charge in [-0.2, -0.15) is 0 Å². The molecule has 172 valence electrons. The van der Waals surface area contributed by atoms with E-state index in [9.17, 15) is 9.59 Å². The smallest absolute Gasteiger partial charge is 0.412 e. The molecule has 1 heterocycles. The van der Waals surface area contributed by atoms with Crippen LogP contribution in [0.25, 0.3) is 0 Å². The fraction of sp³-hybridized carbons (Fsp3) is 0.440. The van der Waals surface area contributed by atoms with Crippen molar-refractivity contribution in [2.24, 2.45) is 0 Å². The number of rotatable bonds is 7. The first-order valence-corrected chi connectivity index (χ1v) is 11.0. The predicted molar refractivity (Wildman–Crippen MR) is 125 cm³/mol. The molecule has 0 aliphatic carbocycles. The highest BCUT2D eigenvalue weighted by atomic mass is 16.6. The Morgan fingerprint density at radius 1 is 1.06 bits per heavy atom. The third-order valence-corrected chi connectivity index (χ3v) is 5.31. The van der Waals surface area contributed by atoms with Crippen molar-refractivity contribution in [2.75, 3.05) is 32.1 Å². The summed E-state index contributed by atoms with van der Waals surface area (Å²) >= 11 is 0. The normalized spacial score (nSPS) is 15.1. The maximum Gasteiger partial charge on any atom is 0.412 e. The van der Waals surface area contributed by atoms with Crippen LogP contribution in [-0.4, -0.2) is 49.2 Å². The van der Waals surface area contributed by atoms with Crippen LogP contribution in [0.1, 0.15) is 55.6 Å². The van der Waals surface area contributed by atoms with Crippen LogP contribution < -0.4 is 15.4 Å². The lowest BCUT2D eigenvalue weighted by atomic mass is 10.0. The second kappa shape index (κ2) is 10.5. The van der Waals surface area contributed by atoms with E-state index in [4.69, 9.17) is 9.47 Å². The second-order valence-electron chi connectivity index (χ2n) is 8.95. The molecule has 1 aliphatic rings. The molecule has 1 saturated heterocycles. The maximum absolute atomic E-state index is 12.8. The number of amides is 2. The lowest BCUT2D eigenvalue weighted by Crippen LogP contribution is -2.36. The first kappa shape index (κ1) is 23.6. The fourth-order valence-electron chi connectivity index (χ4n) is 3.78. The molecule has 1 aliphatic heterocycles. The molecule has 2 aromatic carbocycles. The van der Waals surface area contributed by atoms with Crippen molar-refractivity contribution in [1.82, 2.24) is 10.2 Å². The van der Waals surface area contributed by atoms with Crippen molar-refractivity contribution in [3.8, 4) is 5.75 Å². The lowest BCUT2D eigenvalue weighted by molar-refractivity contribution is 0.0635. The number of carbonyl (C=O) groups excluding carboxylic acids is 2. The highest BCUT2D eigenvalue weighted by molar-refractivity contribution is 5.95. The number of hydrogen-bond acceptors (Lipinski definition) is 5. The van der Waals surface area contributed by atoms with E-state index in [0.29, 0.717) is 17.8 Å². The Labute approximate surface area is 190 Å². The largest absolute Gasteiger partial charge is 0.497 e. The van der Waals surface area contributed by atoms with Crippen LogP contribution in [0.2, 0.25) is 0 Å². The molecule has 2 amide bonds. The third-order valence-electron chi connectivity index (χ3n) is 5.31. The highest BCUT2D eigenvalue weighted by Gasteiger charge is 2.24. The Hall–Kier alpha value is -3.06. The number of ether oxygens (including phenoxy) is 2. The summed E-state index contributed by atoms with van der Waals surface area (Å²) in [5.41, 5.74) is 1.66. The lowest BCUT2D eigenvalue weighted by Gasteiger charge is -2.28. The zero-order valence-electron chi connectivity index (χ0n) is 19.3. The first-order valence-electron chi connectivity index (χ1n) is 11.0. The van der Waals surface area contributed by atoms with Gasteiger partial charge in [0.2, 0.25) is 0 Å². The number of nitrogens with one attached hydrogen (secondary N) is 2. The van der Waals surface area contributed by atoms with Crippen molar-refractivity contribution in [1.29, 1.82) is 0 Å². The Morgan fingerprint density at radius 3 is 2.38 bits per heavy atom. The van der Waals surface area contributed by atoms with Gasteiger partial charge in [-0.05, 0) is 88.7 Å². The van der Waals surface area contributed by atoms with E-state index in [2.05, 4.69) is 21.6 Å². The van der Waals surface area contributed by atoms with Gasteiger partial charge in [0.25, 0.3) is 5.91 Å². The summed E-state index contributed by atoms with van der Waals surface area (Å²) in [6.45, 7) is 7.96. The molecule has 0 spiro atoms. The quantitative estimate of drug-likeness (QED) is 0.659. The number of nitrogens with zero attached hydrogens (tertiary/aromatic N) is 1. The van der Waals surface area contributed by atoms with E-state index in [-0.39, 0.29) is 11.9 Å². The van der Waals surface area contributed by atoms with Gasteiger partial charge in [-0.1, -0.05) is 12.1 Å². The SMILES string of the molecule is COc1cccc(C(CNC(=O)c2ccc(NC(=O)OC(C)(C)C)cc2)N2CCCC2)c1. The van der Waals surface area contributed by atoms with Crippen LogP contribution in [0.3, 0.4) is 0 Å². The summed E-state index contributed by atoms with van der Waals surface area (Å²) in [7, 11) is 1.66. The number of hydrogen-bond donors (Lipinski definition) is 2. The molecular weight excluding hydrogens is 406 g/mol. The number of likely N-dealkylation sites (tertiary alicyclic amines) is 1. The summed E-state index contributed by atoms with van der Waals surface area (Å²) in [6, 6.07) is 14.9. The van der Waals surface area contributed by atoms with Gasteiger partial charge in [0.05, 0.1) is 13.2 Å². The summed E-state index contributed by atoms with van der Waals surface area (Å²) < 4.78 is 10.6. The molecule has 2 aromatic rings. The number of anilines is 1. The first-order chi connectivity index (χ1) is 15.2. The van der Waals surface area contributed by atoms with E-state index >= 15 is 0 Å².